The van der Waals surface area contributed by atoms with Crippen LogP contribution in [0.4, 0.5) is 22.0 Å². The Balaban J connectivity index is 3.46. The zero-order valence-electron chi connectivity index (χ0n) is 9.16. The number of carboxylic acid groups (broad SMARTS) is 1. The van der Waals surface area contributed by atoms with Gasteiger partial charge in [-0.05, 0) is 0 Å². The Kier molecular flexibility index (Phi) is 4.12. The van der Waals surface area contributed by atoms with Crippen LogP contribution < -0.4 is 9.47 Å². The standard InChI is InChI=1S/C9H6F5NO4/c1-18-6-4(8(16)17)3(19-9(12,13)14)2-15-5(6)7(10)11/h2,7H,1H3,(H,16,17). The molecule has 0 bridgehead atoms. The van der Waals surface area contributed by atoms with Gasteiger partial charge in [-0.1, -0.05) is 0 Å². The third kappa shape index (κ3) is 3.42. The van der Waals surface area contributed by atoms with Crippen molar-refractivity contribution < 1.29 is 41.3 Å². The fraction of sp³-hybridized carbons (Fsp3) is 0.333. The van der Waals surface area contributed by atoms with Crippen molar-refractivity contribution in [3.63, 3.8) is 0 Å². The molecule has 0 fully saturated rings. The predicted octanol–water partition coefficient (Wildman–Crippen LogP) is 2.62. The van der Waals surface area contributed by atoms with Crippen molar-refractivity contribution >= 4 is 5.97 Å². The summed E-state index contributed by atoms with van der Waals surface area (Å²) in [6, 6.07) is 0. The number of carboxylic acids is 1. The van der Waals surface area contributed by atoms with Gasteiger partial charge in [0.15, 0.2) is 11.5 Å². The normalized spacial score (nSPS) is 11.5. The number of carbonyl (C=O) groups is 1. The van der Waals surface area contributed by atoms with E-state index >= 15 is 0 Å². The van der Waals surface area contributed by atoms with Gasteiger partial charge < -0.3 is 14.6 Å². The van der Waals surface area contributed by atoms with Gasteiger partial charge in [-0.2, -0.15) is 0 Å². The summed E-state index contributed by atoms with van der Waals surface area (Å²) in [5.41, 5.74) is -2.26. The number of methoxy groups -OCH3 is 1. The molecule has 1 N–H and O–H groups in total. The number of rotatable bonds is 4. The fourth-order valence-electron chi connectivity index (χ4n) is 1.26. The van der Waals surface area contributed by atoms with E-state index in [1.165, 1.54) is 0 Å². The smallest absolute Gasteiger partial charge is 0.494 e. The number of aromatic carboxylic acids is 1. The van der Waals surface area contributed by atoms with Crippen LogP contribution in [0.5, 0.6) is 11.5 Å². The first kappa shape index (κ1) is 14.9. The summed E-state index contributed by atoms with van der Waals surface area (Å²) in [6.07, 6.45) is -8.16. The fourth-order valence-corrected chi connectivity index (χ4v) is 1.26. The first-order chi connectivity index (χ1) is 8.67. The zero-order chi connectivity index (χ0) is 14.8. The quantitative estimate of drug-likeness (QED) is 0.862. The van der Waals surface area contributed by atoms with Crippen molar-refractivity contribution in [2.75, 3.05) is 7.11 Å². The Labute approximate surface area is 102 Å². The molecule has 0 aliphatic carbocycles. The van der Waals surface area contributed by atoms with Gasteiger partial charge in [0.25, 0.3) is 6.43 Å². The molecule has 0 spiro atoms. The van der Waals surface area contributed by atoms with Crippen LogP contribution in [0.1, 0.15) is 22.5 Å². The molecule has 19 heavy (non-hydrogen) atoms. The Morgan fingerprint density at radius 2 is 2.00 bits per heavy atom. The molecule has 0 saturated heterocycles. The lowest BCUT2D eigenvalue weighted by Crippen LogP contribution is -2.20. The minimum atomic E-state index is -5.19. The van der Waals surface area contributed by atoms with E-state index in [0.29, 0.717) is 0 Å². The van der Waals surface area contributed by atoms with E-state index in [-0.39, 0.29) is 6.20 Å². The summed E-state index contributed by atoms with van der Waals surface area (Å²) in [5, 5.41) is 8.78. The van der Waals surface area contributed by atoms with Gasteiger partial charge >= 0.3 is 12.3 Å². The zero-order valence-corrected chi connectivity index (χ0v) is 9.16. The SMILES string of the molecule is COc1c(C(F)F)ncc(OC(F)(F)F)c1C(=O)O. The molecule has 0 unspecified atom stereocenters. The van der Waals surface area contributed by atoms with Crippen molar-refractivity contribution in [2.24, 2.45) is 0 Å². The Morgan fingerprint density at radius 3 is 2.37 bits per heavy atom. The number of pyridine rings is 1. The monoisotopic (exact) mass is 287 g/mol. The van der Waals surface area contributed by atoms with Crippen molar-refractivity contribution in [1.29, 1.82) is 0 Å². The minimum absolute atomic E-state index is 0.251. The molecule has 0 aromatic carbocycles. The molecule has 0 amide bonds. The van der Waals surface area contributed by atoms with Gasteiger partial charge in [0, 0.05) is 0 Å². The number of hydrogen-bond donors (Lipinski definition) is 1. The molecule has 0 aliphatic heterocycles. The van der Waals surface area contributed by atoms with Gasteiger partial charge in [0.05, 0.1) is 13.3 Å². The van der Waals surface area contributed by atoms with E-state index in [1.807, 2.05) is 0 Å². The molecule has 0 aliphatic rings. The first-order valence-corrected chi connectivity index (χ1v) is 4.51. The number of aromatic nitrogens is 1. The number of halogens is 5. The number of ether oxygens (including phenoxy) is 2. The lowest BCUT2D eigenvalue weighted by atomic mass is 10.2. The second-order valence-corrected chi connectivity index (χ2v) is 3.07. The predicted molar refractivity (Wildman–Crippen MR) is 49.4 cm³/mol. The summed E-state index contributed by atoms with van der Waals surface area (Å²) in [4.78, 5) is 13.9. The lowest BCUT2D eigenvalue weighted by Gasteiger charge is -2.15. The second kappa shape index (κ2) is 5.24. The maximum absolute atomic E-state index is 12.5. The summed E-state index contributed by atoms with van der Waals surface area (Å²) in [6.45, 7) is 0. The summed E-state index contributed by atoms with van der Waals surface area (Å²) in [5.74, 6) is -4.13. The average Bonchev–Trinajstić information content (AvgIpc) is 2.25. The third-order valence-corrected chi connectivity index (χ3v) is 1.88. The van der Waals surface area contributed by atoms with E-state index in [9.17, 15) is 26.7 Å². The van der Waals surface area contributed by atoms with Gasteiger partial charge in [-0.25, -0.2) is 18.6 Å². The molecule has 1 heterocycles. The topological polar surface area (TPSA) is 68.7 Å². The van der Waals surface area contributed by atoms with Crippen LogP contribution in [0.25, 0.3) is 0 Å². The van der Waals surface area contributed by atoms with Crippen molar-refractivity contribution in [2.45, 2.75) is 12.8 Å². The van der Waals surface area contributed by atoms with Gasteiger partial charge in [-0.15, -0.1) is 13.2 Å². The van der Waals surface area contributed by atoms with Gasteiger partial charge in [0.1, 0.15) is 11.3 Å². The van der Waals surface area contributed by atoms with Crippen molar-refractivity contribution in [1.82, 2.24) is 4.98 Å². The van der Waals surface area contributed by atoms with Crippen LogP contribution in [0, 0.1) is 0 Å². The van der Waals surface area contributed by atoms with Crippen molar-refractivity contribution in [3.05, 3.63) is 17.5 Å². The Bertz CT molecular complexity index is 488. The lowest BCUT2D eigenvalue weighted by molar-refractivity contribution is -0.274. The van der Waals surface area contributed by atoms with E-state index in [2.05, 4.69) is 14.5 Å². The highest BCUT2D eigenvalue weighted by Gasteiger charge is 2.36. The Morgan fingerprint density at radius 1 is 1.42 bits per heavy atom. The van der Waals surface area contributed by atoms with E-state index in [1.54, 1.807) is 0 Å². The molecule has 0 radical (unpaired) electrons. The molecule has 5 nitrogen and oxygen atoms in total. The molecule has 1 aromatic rings. The Hall–Kier alpha value is -2.13. The maximum atomic E-state index is 12.5. The second-order valence-electron chi connectivity index (χ2n) is 3.07. The third-order valence-electron chi connectivity index (χ3n) is 1.88. The molecule has 1 aromatic heterocycles. The molecule has 0 saturated carbocycles. The highest BCUT2D eigenvalue weighted by molar-refractivity contribution is 5.94. The maximum Gasteiger partial charge on any atom is 0.573 e. The van der Waals surface area contributed by atoms with Crippen molar-refractivity contribution in [3.8, 4) is 11.5 Å². The van der Waals surface area contributed by atoms with Gasteiger partial charge in [-0.3, -0.25) is 0 Å². The summed E-state index contributed by atoms with van der Waals surface area (Å²) < 4.78 is 69.0. The number of nitrogens with zero attached hydrogens (tertiary/aromatic N) is 1. The highest BCUT2D eigenvalue weighted by Crippen LogP contribution is 2.37. The minimum Gasteiger partial charge on any atom is -0.494 e. The largest absolute Gasteiger partial charge is 0.573 e. The molecular weight excluding hydrogens is 281 g/mol. The van der Waals surface area contributed by atoms with Crippen LogP contribution in [-0.4, -0.2) is 29.5 Å². The first-order valence-electron chi connectivity index (χ1n) is 4.51. The summed E-state index contributed by atoms with van der Waals surface area (Å²) in [7, 11) is 0.826. The van der Waals surface area contributed by atoms with E-state index in [4.69, 9.17) is 5.11 Å². The molecule has 10 heteroatoms. The van der Waals surface area contributed by atoms with Crippen LogP contribution >= 0.6 is 0 Å². The summed E-state index contributed by atoms with van der Waals surface area (Å²) >= 11 is 0. The van der Waals surface area contributed by atoms with E-state index < -0.39 is 41.5 Å². The molecule has 1 rings (SSSR count). The molecule has 0 atom stereocenters. The van der Waals surface area contributed by atoms with Gasteiger partial charge in [0.2, 0.25) is 0 Å². The molecule has 106 valence electrons. The number of hydrogen-bond acceptors (Lipinski definition) is 4. The van der Waals surface area contributed by atoms with Crippen LogP contribution in [0.2, 0.25) is 0 Å². The molecular formula is C9H6F5NO4. The van der Waals surface area contributed by atoms with Crippen LogP contribution in [0.3, 0.4) is 0 Å². The van der Waals surface area contributed by atoms with Crippen LogP contribution in [0.15, 0.2) is 6.20 Å². The average molecular weight is 287 g/mol. The van der Waals surface area contributed by atoms with E-state index in [0.717, 1.165) is 7.11 Å². The number of alkyl halides is 5. The van der Waals surface area contributed by atoms with Crippen LogP contribution in [-0.2, 0) is 0 Å². The highest BCUT2D eigenvalue weighted by atomic mass is 19.4.